The second-order valence-electron chi connectivity index (χ2n) is 5.51. The van der Waals surface area contributed by atoms with Gasteiger partial charge in [-0.2, -0.15) is 0 Å². The van der Waals surface area contributed by atoms with Gasteiger partial charge in [0.2, 0.25) is 5.91 Å². The number of piperazine rings is 1. The summed E-state index contributed by atoms with van der Waals surface area (Å²) in [6.45, 7) is 11.6. The van der Waals surface area contributed by atoms with Crippen molar-refractivity contribution in [1.82, 2.24) is 9.80 Å². The fourth-order valence-electron chi connectivity index (χ4n) is 2.36. The van der Waals surface area contributed by atoms with Crippen LogP contribution in [0.4, 0.5) is 0 Å². The van der Waals surface area contributed by atoms with Gasteiger partial charge in [0.05, 0.1) is 12.7 Å². The highest BCUT2D eigenvalue weighted by Crippen LogP contribution is 2.21. The van der Waals surface area contributed by atoms with Crippen molar-refractivity contribution in [2.45, 2.75) is 39.3 Å². The second-order valence-corrected chi connectivity index (χ2v) is 5.51. The quantitative estimate of drug-likeness (QED) is 0.772. The third-order valence-corrected chi connectivity index (χ3v) is 3.46. The first-order valence-corrected chi connectivity index (χ1v) is 6.63. The van der Waals surface area contributed by atoms with E-state index in [1.165, 1.54) is 0 Å². The van der Waals surface area contributed by atoms with Crippen molar-refractivity contribution in [3.63, 3.8) is 0 Å². The zero-order valence-electron chi connectivity index (χ0n) is 12.0. The fourth-order valence-corrected chi connectivity index (χ4v) is 2.36. The Morgan fingerprint density at radius 2 is 2.11 bits per heavy atom. The number of aliphatic hydroxyl groups is 1. The van der Waals surface area contributed by atoms with Gasteiger partial charge in [0.1, 0.15) is 0 Å². The highest BCUT2D eigenvalue weighted by Gasteiger charge is 2.35. The highest BCUT2D eigenvalue weighted by molar-refractivity contribution is 5.73. The van der Waals surface area contributed by atoms with Crippen molar-refractivity contribution in [2.24, 2.45) is 0 Å². The molecule has 1 rings (SSSR count). The molecule has 0 aliphatic carbocycles. The summed E-state index contributed by atoms with van der Waals surface area (Å²) in [6, 6.07) is 0. The lowest BCUT2D eigenvalue weighted by atomic mass is 9.98. The van der Waals surface area contributed by atoms with E-state index in [-0.39, 0.29) is 11.4 Å². The number of rotatable bonds is 5. The topological polar surface area (TPSA) is 53.0 Å². The smallest absolute Gasteiger partial charge is 0.219 e. The molecule has 1 atom stereocenters. The van der Waals surface area contributed by atoms with Crippen molar-refractivity contribution in [3.05, 3.63) is 0 Å². The summed E-state index contributed by atoms with van der Waals surface area (Å²) in [4.78, 5) is 15.5. The number of nitrogens with zero attached hydrogens (tertiary/aromatic N) is 2. The van der Waals surface area contributed by atoms with E-state index in [0.29, 0.717) is 26.3 Å². The molecule has 1 N–H and O–H groups in total. The normalized spacial score (nSPS) is 21.9. The first-order chi connectivity index (χ1) is 8.36. The Labute approximate surface area is 110 Å². The molecule has 5 heteroatoms. The molecule has 1 saturated heterocycles. The summed E-state index contributed by atoms with van der Waals surface area (Å²) >= 11 is 0. The van der Waals surface area contributed by atoms with Gasteiger partial charge in [-0.1, -0.05) is 0 Å². The number of hydrogen-bond donors (Lipinski definition) is 1. The summed E-state index contributed by atoms with van der Waals surface area (Å²) in [6.07, 6.45) is -0.465. The minimum absolute atomic E-state index is 0.100. The summed E-state index contributed by atoms with van der Waals surface area (Å²) in [5.41, 5.74) is -0.100. The first-order valence-electron chi connectivity index (χ1n) is 6.63. The van der Waals surface area contributed by atoms with E-state index in [1.807, 2.05) is 11.8 Å². The fraction of sp³-hybridized carbons (Fsp3) is 0.923. The maximum Gasteiger partial charge on any atom is 0.219 e. The predicted molar refractivity (Wildman–Crippen MR) is 70.4 cm³/mol. The van der Waals surface area contributed by atoms with E-state index >= 15 is 0 Å². The Balaban J connectivity index is 2.50. The molecular weight excluding hydrogens is 232 g/mol. The summed E-state index contributed by atoms with van der Waals surface area (Å²) in [7, 11) is 0. The van der Waals surface area contributed by atoms with Crippen LogP contribution in [0.25, 0.3) is 0 Å². The van der Waals surface area contributed by atoms with Gasteiger partial charge in [0.15, 0.2) is 0 Å². The molecule has 0 aromatic carbocycles. The molecule has 0 aromatic rings. The van der Waals surface area contributed by atoms with Crippen LogP contribution in [0.2, 0.25) is 0 Å². The summed E-state index contributed by atoms with van der Waals surface area (Å²) in [5.74, 6) is 0.123. The lowest BCUT2D eigenvalue weighted by Crippen LogP contribution is -2.61. The van der Waals surface area contributed by atoms with E-state index in [0.717, 1.165) is 13.1 Å². The molecule has 0 aromatic heterocycles. The Morgan fingerprint density at radius 3 is 2.61 bits per heavy atom. The van der Waals surface area contributed by atoms with E-state index in [1.54, 1.807) is 6.92 Å². The Bertz CT molecular complexity index is 281. The Hall–Kier alpha value is -0.650. The number of carbonyl (C=O) groups is 1. The van der Waals surface area contributed by atoms with E-state index < -0.39 is 6.10 Å². The Morgan fingerprint density at radius 1 is 1.44 bits per heavy atom. The lowest BCUT2D eigenvalue weighted by molar-refractivity contribution is -0.134. The summed E-state index contributed by atoms with van der Waals surface area (Å²) < 4.78 is 5.22. The minimum atomic E-state index is -0.465. The molecule has 1 aliphatic heterocycles. The van der Waals surface area contributed by atoms with Gasteiger partial charge < -0.3 is 14.7 Å². The SMILES string of the molecule is CCOC[C@H](O)CN1CCN(C(C)=O)CC1(C)C. The van der Waals surface area contributed by atoms with Gasteiger partial charge in [-0.3, -0.25) is 9.69 Å². The van der Waals surface area contributed by atoms with Crippen LogP contribution in [-0.2, 0) is 9.53 Å². The third kappa shape index (κ3) is 4.23. The minimum Gasteiger partial charge on any atom is -0.389 e. The molecule has 1 aliphatic rings. The standard InChI is InChI=1S/C13H26N2O3/c1-5-18-9-12(17)8-15-7-6-14(11(2)16)10-13(15,3)4/h12,17H,5-10H2,1-4H3/t12-/m1/s1. The molecule has 106 valence electrons. The zero-order valence-corrected chi connectivity index (χ0v) is 12.0. The number of carbonyl (C=O) groups excluding carboxylic acids is 1. The molecule has 0 radical (unpaired) electrons. The number of ether oxygens (including phenoxy) is 1. The van der Waals surface area contributed by atoms with Crippen LogP contribution in [-0.4, -0.2) is 71.8 Å². The number of amides is 1. The number of β-amino-alcohol motifs (C(OH)–C–C–N with tert-alkyl or cyclic N) is 1. The van der Waals surface area contributed by atoms with Crippen molar-refractivity contribution in [2.75, 3.05) is 39.4 Å². The lowest BCUT2D eigenvalue weighted by Gasteiger charge is -2.47. The van der Waals surface area contributed by atoms with Gasteiger partial charge in [0, 0.05) is 45.2 Å². The average Bonchev–Trinajstić information content (AvgIpc) is 2.28. The van der Waals surface area contributed by atoms with E-state index in [9.17, 15) is 9.90 Å². The number of aliphatic hydroxyl groups excluding tert-OH is 1. The van der Waals surface area contributed by atoms with Crippen molar-refractivity contribution in [1.29, 1.82) is 0 Å². The van der Waals surface area contributed by atoms with Gasteiger partial charge in [-0.25, -0.2) is 0 Å². The molecule has 0 unspecified atom stereocenters. The van der Waals surface area contributed by atoms with Gasteiger partial charge in [-0.15, -0.1) is 0 Å². The van der Waals surface area contributed by atoms with E-state index in [4.69, 9.17) is 4.74 Å². The molecular formula is C13H26N2O3. The third-order valence-electron chi connectivity index (χ3n) is 3.46. The van der Waals surface area contributed by atoms with Gasteiger partial charge in [0.25, 0.3) is 0 Å². The Kier molecular flexibility index (Phi) is 5.56. The predicted octanol–water partition coefficient (Wildman–Crippen LogP) is 0.327. The van der Waals surface area contributed by atoms with Crippen LogP contribution in [0.15, 0.2) is 0 Å². The van der Waals surface area contributed by atoms with Crippen LogP contribution >= 0.6 is 0 Å². The van der Waals surface area contributed by atoms with Crippen LogP contribution in [0.5, 0.6) is 0 Å². The maximum atomic E-state index is 11.4. The van der Waals surface area contributed by atoms with E-state index in [2.05, 4.69) is 18.7 Å². The molecule has 5 nitrogen and oxygen atoms in total. The molecule has 1 amide bonds. The first kappa shape index (κ1) is 15.4. The molecule has 18 heavy (non-hydrogen) atoms. The van der Waals surface area contributed by atoms with Crippen LogP contribution in [0, 0.1) is 0 Å². The molecule has 1 heterocycles. The van der Waals surface area contributed by atoms with Crippen LogP contribution < -0.4 is 0 Å². The molecule has 1 fully saturated rings. The van der Waals surface area contributed by atoms with Gasteiger partial charge >= 0.3 is 0 Å². The largest absolute Gasteiger partial charge is 0.389 e. The van der Waals surface area contributed by atoms with Crippen molar-refractivity contribution >= 4 is 5.91 Å². The van der Waals surface area contributed by atoms with Crippen molar-refractivity contribution in [3.8, 4) is 0 Å². The monoisotopic (exact) mass is 258 g/mol. The highest BCUT2D eigenvalue weighted by atomic mass is 16.5. The molecule has 0 spiro atoms. The molecule has 0 bridgehead atoms. The van der Waals surface area contributed by atoms with Crippen LogP contribution in [0.1, 0.15) is 27.7 Å². The average molecular weight is 258 g/mol. The van der Waals surface area contributed by atoms with Gasteiger partial charge in [-0.05, 0) is 20.8 Å². The van der Waals surface area contributed by atoms with Crippen LogP contribution in [0.3, 0.4) is 0 Å². The van der Waals surface area contributed by atoms with Crippen molar-refractivity contribution < 1.29 is 14.6 Å². The zero-order chi connectivity index (χ0) is 13.8. The second kappa shape index (κ2) is 6.50. The maximum absolute atomic E-state index is 11.4. The molecule has 0 saturated carbocycles. The summed E-state index contributed by atoms with van der Waals surface area (Å²) in [5, 5.41) is 9.89. The number of hydrogen-bond acceptors (Lipinski definition) is 4.